The van der Waals surface area contributed by atoms with Gasteiger partial charge in [0.2, 0.25) is 0 Å². The number of benzene rings is 1. The predicted molar refractivity (Wildman–Crippen MR) is 122 cm³/mol. The summed E-state index contributed by atoms with van der Waals surface area (Å²) in [5, 5.41) is 7.70. The Kier molecular flexibility index (Phi) is 8.92. The van der Waals surface area contributed by atoms with Crippen molar-refractivity contribution in [2.75, 3.05) is 40.5 Å². The van der Waals surface area contributed by atoms with Gasteiger partial charge >= 0.3 is 0 Å². The number of aliphatic imine (C=N–C) groups is 1. The number of aromatic nitrogens is 1. The molecule has 1 saturated heterocycles. The standard InChI is InChI=1S/C22H33N5O2S/c1-17-14-24-21(30-17)16-26-22(23-2)25-15-18-5-4-6-20(13-18)29-12-9-27(3)19-7-10-28-11-8-19/h4-6,13-14,19H,7-12,15-16H2,1-3H3,(H2,23,25,26). The number of hydrogen-bond acceptors (Lipinski definition) is 6. The van der Waals surface area contributed by atoms with Crippen molar-refractivity contribution in [1.82, 2.24) is 20.5 Å². The van der Waals surface area contributed by atoms with Crippen molar-refractivity contribution in [2.24, 2.45) is 4.99 Å². The lowest BCUT2D eigenvalue weighted by Crippen LogP contribution is -2.38. The van der Waals surface area contributed by atoms with Crippen LogP contribution in [0, 0.1) is 6.92 Å². The largest absolute Gasteiger partial charge is 0.492 e. The highest BCUT2D eigenvalue weighted by molar-refractivity contribution is 7.11. The molecule has 0 amide bonds. The van der Waals surface area contributed by atoms with Crippen LogP contribution in [0.15, 0.2) is 35.5 Å². The molecule has 0 radical (unpaired) electrons. The fourth-order valence-electron chi connectivity index (χ4n) is 3.41. The van der Waals surface area contributed by atoms with E-state index in [2.05, 4.69) is 51.6 Å². The van der Waals surface area contributed by atoms with Gasteiger partial charge in [0.25, 0.3) is 0 Å². The fraction of sp³-hybridized carbons (Fsp3) is 0.545. The zero-order chi connectivity index (χ0) is 21.2. The number of nitrogens with zero attached hydrogens (tertiary/aromatic N) is 3. The van der Waals surface area contributed by atoms with Gasteiger partial charge in [-0.2, -0.15) is 0 Å². The molecule has 1 aliphatic heterocycles. The van der Waals surface area contributed by atoms with Gasteiger partial charge in [0.15, 0.2) is 5.96 Å². The summed E-state index contributed by atoms with van der Waals surface area (Å²) in [7, 11) is 3.95. The summed E-state index contributed by atoms with van der Waals surface area (Å²) in [6.45, 7) is 6.74. The molecular formula is C22H33N5O2S. The number of aryl methyl sites for hydroxylation is 1. The third-order valence-electron chi connectivity index (χ3n) is 5.19. The van der Waals surface area contributed by atoms with E-state index >= 15 is 0 Å². The van der Waals surface area contributed by atoms with Crippen LogP contribution >= 0.6 is 11.3 Å². The number of likely N-dealkylation sites (N-methyl/N-ethyl adjacent to an activating group) is 1. The maximum Gasteiger partial charge on any atom is 0.191 e. The van der Waals surface area contributed by atoms with Crippen molar-refractivity contribution >= 4 is 17.3 Å². The van der Waals surface area contributed by atoms with Crippen molar-refractivity contribution in [2.45, 2.75) is 38.9 Å². The molecule has 1 aromatic carbocycles. The Morgan fingerprint density at radius 3 is 2.83 bits per heavy atom. The van der Waals surface area contributed by atoms with E-state index in [9.17, 15) is 0 Å². The summed E-state index contributed by atoms with van der Waals surface area (Å²) in [5.41, 5.74) is 1.15. The van der Waals surface area contributed by atoms with E-state index in [0.29, 0.717) is 25.7 Å². The van der Waals surface area contributed by atoms with Gasteiger partial charge in [-0.25, -0.2) is 4.98 Å². The van der Waals surface area contributed by atoms with Crippen LogP contribution in [0.25, 0.3) is 0 Å². The van der Waals surface area contributed by atoms with Gasteiger partial charge < -0.3 is 20.1 Å². The number of hydrogen-bond donors (Lipinski definition) is 2. The zero-order valence-electron chi connectivity index (χ0n) is 18.2. The molecule has 0 unspecified atom stereocenters. The van der Waals surface area contributed by atoms with E-state index in [0.717, 1.165) is 54.9 Å². The molecule has 0 saturated carbocycles. The second-order valence-corrected chi connectivity index (χ2v) is 8.78. The Bertz CT molecular complexity index is 804. The molecule has 1 aliphatic rings. The summed E-state index contributed by atoms with van der Waals surface area (Å²) in [6, 6.07) is 8.81. The molecule has 7 nitrogen and oxygen atoms in total. The smallest absolute Gasteiger partial charge is 0.191 e. The molecule has 30 heavy (non-hydrogen) atoms. The summed E-state index contributed by atoms with van der Waals surface area (Å²) < 4.78 is 11.4. The van der Waals surface area contributed by atoms with E-state index in [4.69, 9.17) is 9.47 Å². The van der Waals surface area contributed by atoms with Crippen LogP contribution in [0.5, 0.6) is 5.75 Å². The molecule has 0 bridgehead atoms. The Balaban J connectivity index is 1.40. The third-order valence-corrected chi connectivity index (χ3v) is 6.10. The average Bonchev–Trinajstić information content (AvgIpc) is 3.20. The monoisotopic (exact) mass is 431 g/mol. The maximum absolute atomic E-state index is 6.00. The Labute approximate surface area is 183 Å². The van der Waals surface area contributed by atoms with E-state index in [1.807, 2.05) is 18.3 Å². The Hall–Kier alpha value is -2.16. The van der Waals surface area contributed by atoms with Crippen LogP contribution in [0.3, 0.4) is 0 Å². The van der Waals surface area contributed by atoms with E-state index in [1.54, 1.807) is 18.4 Å². The SMILES string of the molecule is CN=C(NCc1cccc(OCCN(C)C2CCOCC2)c1)NCc1ncc(C)s1. The highest BCUT2D eigenvalue weighted by Crippen LogP contribution is 2.15. The summed E-state index contributed by atoms with van der Waals surface area (Å²) >= 11 is 1.69. The van der Waals surface area contributed by atoms with Crippen LogP contribution in [-0.4, -0.2) is 62.3 Å². The molecule has 1 fully saturated rings. The number of rotatable bonds is 9. The highest BCUT2D eigenvalue weighted by atomic mass is 32.1. The topological polar surface area (TPSA) is 71.0 Å². The number of guanidine groups is 1. The van der Waals surface area contributed by atoms with Crippen molar-refractivity contribution in [1.29, 1.82) is 0 Å². The van der Waals surface area contributed by atoms with Crippen LogP contribution in [0.4, 0.5) is 0 Å². The summed E-state index contributed by atoms with van der Waals surface area (Å²) in [6.07, 6.45) is 4.11. The average molecular weight is 432 g/mol. The minimum absolute atomic E-state index is 0.602. The maximum atomic E-state index is 6.00. The number of thiazole rings is 1. The van der Waals surface area contributed by atoms with Crippen molar-refractivity contribution in [3.05, 3.63) is 45.9 Å². The first-order valence-electron chi connectivity index (χ1n) is 10.5. The second kappa shape index (κ2) is 11.9. The van der Waals surface area contributed by atoms with Crippen LogP contribution in [0.2, 0.25) is 0 Å². The van der Waals surface area contributed by atoms with E-state index in [1.165, 1.54) is 4.88 Å². The summed E-state index contributed by atoms with van der Waals surface area (Å²) in [5.74, 6) is 1.66. The summed E-state index contributed by atoms with van der Waals surface area (Å²) in [4.78, 5) is 12.3. The third kappa shape index (κ3) is 7.27. The fourth-order valence-corrected chi connectivity index (χ4v) is 4.14. The second-order valence-electron chi connectivity index (χ2n) is 7.46. The van der Waals surface area contributed by atoms with Crippen LogP contribution in [-0.2, 0) is 17.8 Å². The van der Waals surface area contributed by atoms with Gasteiger partial charge in [0.05, 0.1) is 6.54 Å². The normalized spacial score (nSPS) is 15.4. The number of nitrogens with one attached hydrogen (secondary N) is 2. The molecule has 3 rings (SSSR count). The van der Waals surface area contributed by atoms with Gasteiger partial charge in [-0.1, -0.05) is 12.1 Å². The van der Waals surface area contributed by atoms with Gasteiger partial charge in [0, 0.05) is 50.5 Å². The lowest BCUT2D eigenvalue weighted by Gasteiger charge is -2.31. The minimum atomic E-state index is 0.602. The Morgan fingerprint density at radius 2 is 2.10 bits per heavy atom. The molecule has 0 spiro atoms. The lowest BCUT2D eigenvalue weighted by molar-refractivity contribution is 0.0392. The predicted octanol–water partition coefficient (Wildman–Crippen LogP) is 2.81. The quantitative estimate of drug-likeness (QED) is 0.470. The van der Waals surface area contributed by atoms with Crippen molar-refractivity contribution in [3.63, 3.8) is 0 Å². The molecule has 1 aromatic heterocycles. The van der Waals surface area contributed by atoms with Crippen molar-refractivity contribution < 1.29 is 9.47 Å². The van der Waals surface area contributed by atoms with Gasteiger partial charge in [-0.3, -0.25) is 9.89 Å². The molecule has 2 aromatic rings. The number of ether oxygens (including phenoxy) is 2. The molecule has 0 atom stereocenters. The minimum Gasteiger partial charge on any atom is -0.492 e. The zero-order valence-corrected chi connectivity index (χ0v) is 19.0. The van der Waals surface area contributed by atoms with Crippen LogP contribution < -0.4 is 15.4 Å². The van der Waals surface area contributed by atoms with E-state index in [-0.39, 0.29) is 0 Å². The van der Waals surface area contributed by atoms with Crippen molar-refractivity contribution in [3.8, 4) is 5.75 Å². The van der Waals surface area contributed by atoms with Gasteiger partial charge in [-0.15, -0.1) is 11.3 Å². The lowest BCUT2D eigenvalue weighted by atomic mass is 10.1. The van der Waals surface area contributed by atoms with Gasteiger partial charge in [-0.05, 0) is 44.5 Å². The molecule has 2 N–H and O–H groups in total. The molecule has 2 heterocycles. The molecule has 164 valence electrons. The first-order chi connectivity index (χ1) is 14.6. The first kappa shape index (κ1) is 22.5. The Morgan fingerprint density at radius 1 is 1.30 bits per heavy atom. The highest BCUT2D eigenvalue weighted by Gasteiger charge is 2.17. The van der Waals surface area contributed by atoms with E-state index < -0.39 is 0 Å². The molecule has 0 aliphatic carbocycles. The molecular weight excluding hydrogens is 398 g/mol. The molecule has 8 heteroatoms. The van der Waals surface area contributed by atoms with Gasteiger partial charge in [0.1, 0.15) is 17.4 Å². The van der Waals surface area contributed by atoms with Crippen LogP contribution in [0.1, 0.15) is 28.3 Å². The first-order valence-corrected chi connectivity index (χ1v) is 11.3.